The molecule has 5 heteroatoms. The van der Waals surface area contributed by atoms with Crippen LogP contribution >= 0.6 is 0 Å². The van der Waals surface area contributed by atoms with Gasteiger partial charge in [-0.25, -0.2) is 0 Å². The lowest BCUT2D eigenvalue weighted by Gasteiger charge is -2.21. The van der Waals surface area contributed by atoms with Crippen LogP contribution < -0.4 is 5.73 Å². The van der Waals surface area contributed by atoms with Gasteiger partial charge in [0.25, 0.3) is 5.91 Å². The second-order valence-electron chi connectivity index (χ2n) is 3.93. The quantitative estimate of drug-likeness (QED) is 0.775. The van der Waals surface area contributed by atoms with Crippen molar-refractivity contribution in [2.45, 2.75) is 32.2 Å². The number of H-pyrrole nitrogens is 1. The molecule has 3 N–H and O–H groups in total. The number of amides is 1. The normalized spacial score (nSPS) is 15.3. The summed E-state index contributed by atoms with van der Waals surface area (Å²) in [6.45, 7) is 2.87. The van der Waals surface area contributed by atoms with Gasteiger partial charge in [0.1, 0.15) is 11.4 Å². The number of nitrogens with two attached hydrogens (primary N) is 1. The number of aromatic nitrogens is 2. The Morgan fingerprint density at radius 3 is 2.93 bits per heavy atom. The summed E-state index contributed by atoms with van der Waals surface area (Å²) in [4.78, 5) is 14.0. The number of anilines is 1. The molecular weight excluding hydrogens is 192 g/mol. The number of carbonyl (C=O) groups is 1. The molecule has 2 rings (SSSR count). The van der Waals surface area contributed by atoms with E-state index in [2.05, 4.69) is 17.1 Å². The van der Waals surface area contributed by atoms with Crippen LogP contribution in [0.4, 0.5) is 5.82 Å². The van der Waals surface area contributed by atoms with E-state index in [9.17, 15) is 4.79 Å². The predicted molar refractivity (Wildman–Crippen MR) is 57.3 cm³/mol. The number of nitrogens with one attached hydrogen (secondary N) is 1. The van der Waals surface area contributed by atoms with Crippen molar-refractivity contribution in [1.82, 2.24) is 15.1 Å². The summed E-state index contributed by atoms with van der Waals surface area (Å²) in [7, 11) is 0. The SMILES string of the molecule is CCCN(C(=O)c1cn[nH]c1N)C1CC1. The first-order valence-electron chi connectivity index (χ1n) is 5.33. The van der Waals surface area contributed by atoms with E-state index in [1.54, 1.807) is 0 Å². The lowest BCUT2D eigenvalue weighted by Crippen LogP contribution is -2.34. The number of aromatic amines is 1. The molecule has 1 aliphatic carbocycles. The first kappa shape index (κ1) is 10.0. The van der Waals surface area contributed by atoms with Gasteiger partial charge in [0, 0.05) is 12.6 Å². The Morgan fingerprint density at radius 1 is 1.73 bits per heavy atom. The molecule has 1 amide bonds. The molecule has 0 aliphatic heterocycles. The smallest absolute Gasteiger partial charge is 0.259 e. The van der Waals surface area contributed by atoms with Gasteiger partial charge in [-0.15, -0.1) is 0 Å². The Hall–Kier alpha value is -1.52. The number of hydrogen-bond donors (Lipinski definition) is 2. The molecule has 1 aliphatic rings. The van der Waals surface area contributed by atoms with Gasteiger partial charge in [-0.2, -0.15) is 5.10 Å². The molecule has 0 atom stereocenters. The Balaban J connectivity index is 2.14. The maximum absolute atomic E-state index is 12.1. The van der Waals surface area contributed by atoms with Gasteiger partial charge in [-0.05, 0) is 19.3 Å². The molecule has 0 aromatic carbocycles. The lowest BCUT2D eigenvalue weighted by molar-refractivity contribution is 0.0744. The van der Waals surface area contributed by atoms with E-state index in [4.69, 9.17) is 5.73 Å². The zero-order valence-electron chi connectivity index (χ0n) is 8.86. The van der Waals surface area contributed by atoms with Crippen LogP contribution in [0.25, 0.3) is 0 Å². The Labute approximate surface area is 88.6 Å². The Kier molecular flexibility index (Phi) is 2.62. The highest BCUT2D eigenvalue weighted by Crippen LogP contribution is 2.28. The van der Waals surface area contributed by atoms with Crippen molar-refractivity contribution >= 4 is 11.7 Å². The van der Waals surface area contributed by atoms with Gasteiger partial charge in [0.05, 0.1) is 6.20 Å². The fourth-order valence-corrected chi connectivity index (χ4v) is 1.70. The van der Waals surface area contributed by atoms with Crippen molar-refractivity contribution < 1.29 is 4.79 Å². The molecule has 0 spiro atoms. The maximum Gasteiger partial charge on any atom is 0.259 e. The van der Waals surface area contributed by atoms with E-state index >= 15 is 0 Å². The second-order valence-corrected chi connectivity index (χ2v) is 3.93. The second kappa shape index (κ2) is 3.92. The van der Waals surface area contributed by atoms with Crippen LogP contribution in [0.3, 0.4) is 0 Å². The monoisotopic (exact) mass is 208 g/mol. The summed E-state index contributed by atoms with van der Waals surface area (Å²) in [5.74, 6) is 0.368. The third-order valence-corrected chi connectivity index (χ3v) is 2.61. The minimum atomic E-state index is 0.00519. The fraction of sp³-hybridized carbons (Fsp3) is 0.600. The van der Waals surface area contributed by atoms with Gasteiger partial charge < -0.3 is 10.6 Å². The number of carbonyl (C=O) groups excluding carboxylic acids is 1. The molecule has 1 heterocycles. The average molecular weight is 208 g/mol. The lowest BCUT2D eigenvalue weighted by atomic mass is 10.2. The summed E-state index contributed by atoms with van der Waals surface area (Å²) in [5.41, 5.74) is 6.13. The Morgan fingerprint density at radius 2 is 2.47 bits per heavy atom. The van der Waals surface area contributed by atoms with Crippen molar-refractivity contribution in [3.8, 4) is 0 Å². The molecule has 1 aromatic heterocycles. The van der Waals surface area contributed by atoms with E-state index in [0.29, 0.717) is 17.4 Å². The van der Waals surface area contributed by atoms with Crippen LogP contribution in [0.2, 0.25) is 0 Å². The number of nitrogen functional groups attached to an aromatic ring is 1. The first-order chi connectivity index (χ1) is 7.24. The molecular formula is C10H16N4O. The van der Waals surface area contributed by atoms with Crippen molar-refractivity contribution in [2.24, 2.45) is 0 Å². The topological polar surface area (TPSA) is 75.0 Å². The minimum Gasteiger partial charge on any atom is -0.383 e. The van der Waals surface area contributed by atoms with Crippen LogP contribution in [0, 0.1) is 0 Å². The highest BCUT2D eigenvalue weighted by atomic mass is 16.2. The van der Waals surface area contributed by atoms with E-state index < -0.39 is 0 Å². The summed E-state index contributed by atoms with van der Waals surface area (Å²) >= 11 is 0. The minimum absolute atomic E-state index is 0.00519. The number of nitrogens with zero attached hydrogens (tertiary/aromatic N) is 2. The van der Waals surface area contributed by atoms with E-state index in [1.807, 2.05) is 4.90 Å². The summed E-state index contributed by atoms with van der Waals surface area (Å²) < 4.78 is 0. The van der Waals surface area contributed by atoms with Crippen LogP contribution in [0.1, 0.15) is 36.5 Å². The van der Waals surface area contributed by atoms with Crippen LogP contribution in [-0.4, -0.2) is 33.6 Å². The third kappa shape index (κ3) is 1.95. The summed E-state index contributed by atoms with van der Waals surface area (Å²) in [6, 6.07) is 0.423. The van der Waals surface area contributed by atoms with Crippen molar-refractivity contribution in [3.63, 3.8) is 0 Å². The number of rotatable bonds is 4. The molecule has 0 saturated heterocycles. The molecule has 82 valence electrons. The van der Waals surface area contributed by atoms with Crippen LogP contribution in [-0.2, 0) is 0 Å². The average Bonchev–Trinajstić information content (AvgIpc) is 2.97. The standard InChI is InChI=1S/C10H16N4O/c1-2-5-14(7-3-4-7)10(15)8-6-12-13-9(8)11/h6-7H,2-5H2,1H3,(H3,11,12,13). The number of hydrogen-bond acceptors (Lipinski definition) is 3. The zero-order valence-corrected chi connectivity index (χ0v) is 8.86. The van der Waals surface area contributed by atoms with Gasteiger partial charge in [0.15, 0.2) is 0 Å². The van der Waals surface area contributed by atoms with Crippen LogP contribution in [0.5, 0.6) is 0 Å². The van der Waals surface area contributed by atoms with Gasteiger partial charge in [-0.1, -0.05) is 6.92 Å². The highest BCUT2D eigenvalue weighted by molar-refractivity contribution is 5.98. The molecule has 0 bridgehead atoms. The molecule has 0 radical (unpaired) electrons. The van der Waals surface area contributed by atoms with E-state index in [0.717, 1.165) is 25.8 Å². The molecule has 5 nitrogen and oxygen atoms in total. The zero-order chi connectivity index (χ0) is 10.8. The Bertz CT molecular complexity index is 356. The predicted octanol–water partition coefficient (Wildman–Crippen LogP) is 1.01. The molecule has 1 aromatic rings. The van der Waals surface area contributed by atoms with Gasteiger partial charge in [0.2, 0.25) is 0 Å². The third-order valence-electron chi connectivity index (χ3n) is 2.61. The van der Waals surface area contributed by atoms with Crippen molar-refractivity contribution in [1.29, 1.82) is 0 Å². The van der Waals surface area contributed by atoms with E-state index in [1.165, 1.54) is 6.20 Å². The molecule has 15 heavy (non-hydrogen) atoms. The van der Waals surface area contributed by atoms with Crippen molar-refractivity contribution in [3.05, 3.63) is 11.8 Å². The molecule has 1 fully saturated rings. The highest BCUT2D eigenvalue weighted by Gasteiger charge is 2.33. The van der Waals surface area contributed by atoms with Crippen molar-refractivity contribution in [2.75, 3.05) is 12.3 Å². The summed E-state index contributed by atoms with van der Waals surface area (Å²) in [5, 5.41) is 6.35. The maximum atomic E-state index is 12.1. The van der Waals surface area contributed by atoms with Gasteiger partial charge >= 0.3 is 0 Å². The van der Waals surface area contributed by atoms with Crippen LogP contribution in [0.15, 0.2) is 6.20 Å². The largest absolute Gasteiger partial charge is 0.383 e. The fourth-order valence-electron chi connectivity index (χ4n) is 1.70. The summed E-state index contributed by atoms with van der Waals surface area (Å²) in [6.07, 6.45) is 4.70. The first-order valence-corrected chi connectivity index (χ1v) is 5.33. The van der Waals surface area contributed by atoms with E-state index in [-0.39, 0.29) is 5.91 Å². The van der Waals surface area contributed by atoms with Gasteiger partial charge in [-0.3, -0.25) is 9.89 Å². The molecule has 1 saturated carbocycles. The molecule has 0 unspecified atom stereocenters.